The molecule has 2 aromatic carbocycles. The molecule has 0 radical (unpaired) electrons. The van der Waals surface area contributed by atoms with E-state index in [4.69, 9.17) is 0 Å². The lowest BCUT2D eigenvalue weighted by Crippen LogP contribution is -2.14. The van der Waals surface area contributed by atoms with Crippen LogP contribution in [-0.4, -0.2) is 26.0 Å². The summed E-state index contributed by atoms with van der Waals surface area (Å²) >= 11 is 0. The highest BCUT2D eigenvalue weighted by molar-refractivity contribution is 7.91. The van der Waals surface area contributed by atoms with Crippen LogP contribution in [0.3, 0.4) is 0 Å². The van der Waals surface area contributed by atoms with E-state index in [2.05, 4.69) is 10.6 Å². The molecule has 2 rings (SSSR count). The van der Waals surface area contributed by atoms with E-state index in [-0.39, 0.29) is 16.9 Å². The number of carbonyl (C=O) groups is 2. The van der Waals surface area contributed by atoms with Crippen molar-refractivity contribution in [1.82, 2.24) is 0 Å². The Labute approximate surface area is 146 Å². The first-order valence-electron chi connectivity index (χ1n) is 7.12. The van der Waals surface area contributed by atoms with Crippen molar-refractivity contribution in [3.05, 3.63) is 53.8 Å². The van der Waals surface area contributed by atoms with Gasteiger partial charge in [-0.3, -0.25) is 9.59 Å². The summed E-state index contributed by atoms with van der Waals surface area (Å²) in [4.78, 5) is 22.5. The van der Waals surface area contributed by atoms with Crippen molar-refractivity contribution < 1.29 is 31.2 Å². The van der Waals surface area contributed by atoms with Gasteiger partial charge in [0.2, 0.25) is 15.7 Å². The quantitative estimate of drug-likeness (QED) is 0.826. The molecule has 0 atom stereocenters. The van der Waals surface area contributed by atoms with Crippen molar-refractivity contribution in [2.24, 2.45) is 0 Å². The predicted octanol–water partition coefficient (Wildman–Crippen LogP) is 3.03. The highest BCUT2D eigenvalue weighted by Crippen LogP contribution is 2.21. The fourth-order valence-corrected chi connectivity index (χ4v) is 2.71. The molecular weight excluding hydrogens is 373 g/mol. The Morgan fingerprint density at radius 3 is 2.15 bits per heavy atom. The number of carbonyl (C=O) groups excluding carboxylic acids is 2. The molecule has 0 aliphatic rings. The lowest BCUT2D eigenvalue weighted by molar-refractivity contribution is -0.114. The van der Waals surface area contributed by atoms with E-state index in [0.29, 0.717) is 0 Å². The fourth-order valence-electron chi connectivity index (χ4n) is 1.99. The Morgan fingerprint density at radius 1 is 1.00 bits per heavy atom. The second-order valence-electron chi connectivity index (χ2n) is 5.16. The van der Waals surface area contributed by atoms with Gasteiger partial charge in [-0.2, -0.15) is 8.78 Å². The zero-order chi connectivity index (χ0) is 19.5. The second kappa shape index (κ2) is 7.56. The van der Waals surface area contributed by atoms with E-state index in [1.54, 1.807) is 0 Å². The molecule has 10 heteroatoms. The van der Waals surface area contributed by atoms with Gasteiger partial charge in [-0.25, -0.2) is 12.8 Å². The molecule has 0 unspecified atom stereocenters. The van der Waals surface area contributed by atoms with Gasteiger partial charge < -0.3 is 10.6 Å². The summed E-state index contributed by atoms with van der Waals surface area (Å²) in [7, 11) is -4.75. The van der Waals surface area contributed by atoms with Crippen molar-refractivity contribution in [2.45, 2.75) is 17.6 Å². The third-order valence-corrected chi connectivity index (χ3v) is 4.61. The number of hydrogen-bond donors (Lipinski definition) is 2. The van der Waals surface area contributed by atoms with Gasteiger partial charge in [-0.05, 0) is 42.5 Å². The average molecular weight is 386 g/mol. The fraction of sp³-hybridized carbons (Fsp3) is 0.125. The highest BCUT2D eigenvalue weighted by Gasteiger charge is 2.26. The summed E-state index contributed by atoms with van der Waals surface area (Å²) in [5, 5.41) is 4.68. The zero-order valence-electron chi connectivity index (χ0n) is 13.3. The van der Waals surface area contributed by atoms with Gasteiger partial charge in [0.15, 0.2) is 0 Å². The van der Waals surface area contributed by atoms with Crippen LogP contribution in [0.2, 0.25) is 0 Å². The van der Waals surface area contributed by atoms with Crippen LogP contribution in [0.1, 0.15) is 17.3 Å². The zero-order valence-corrected chi connectivity index (χ0v) is 14.1. The van der Waals surface area contributed by atoms with E-state index in [9.17, 15) is 31.2 Å². The molecule has 2 N–H and O–H groups in total. The van der Waals surface area contributed by atoms with Crippen LogP contribution in [0, 0.1) is 5.82 Å². The van der Waals surface area contributed by atoms with Crippen LogP contribution >= 0.6 is 0 Å². The summed E-state index contributed by atoms with van der Waals surface area (Å²) in [5.41, 5.74) is 0.0433. The molecule has 0 saturated heterocycles. The third-order valence-electron chi connectivity index (χ3n) is 3.21. The van der Waals surface area contributed by atoms with Gasteiger partial charge in [0, 0.05) is 18.2 Å². The first kappa shape index (κ1) is 19.4. The molecule has 26 heavy (non-hydrogen) atoms. The minimum Gasteiger partial charge on any atom is -0.324 e. The van der Waals surface area contributed by atoms with E-state index in [1.165, 1.54) is 19.1 Å². The predicted molar refractivity (Wildman–Crippen MR) is 88.3 cm³/mol. The van der Waals surface area contributed by atoms with E-state index >= 15 is 0 Å². The van der Waals surface area contributed by atoms with Gasteiger partial charge in [-0.15, -0.1) is 0 Å². The molecule has 0 saturated carbocycles. The van der Waals surface area contributed by atoms with Crippen molar-refractivity contribution >= 4 is 33.0 Å². The van der Waals surface area contributed by atoms with E-state index < -0.39 is 38.1 Å². The average Bonchev–Trinajstić information content (AvgIpc) is 2.57. The molecule has 6 nitrogen and oxygen atoms in total. The van der Waals surface area contributed by atoms with Gasteiger partial charge >= 0.3 is 5.76 Å². The normalized spacial score (nSPS) is 11.3. The maximum absolute atomic E-state index is 13.6. The Bertz CT molecular complexity index is 944. The molecule has 0 spiro atoms. The molecule has 138 valence electrons. The first-order chi connectivity index (χ1) is 12.1. The summed E-state index contributed by atoms with van der Waals surface area (Å²) in [6.07, 6.45) is 0. The topological polar surface area (TPSA) is 92.3 Å². The molecule has 0 aliphatic carbocycles. The summed E-state index contributed by atoms with van der Waals surface area (Å²) in [6, 6.07) is 7.43. The molecule has 0 fully saturated rings. The van der Waals surface area contributed by atoms with Crippen LogP contribution in [0.5, 0.6) is 0 Å². The minimum atomic E-state index is -4.75. The largest absolute Gasteiger partial charge is 0.341 e. The number of halogens is 3. The first-order valence-corrected chi connectivity index (χ1v) is 8.66. The van der Waals surface area contributed by atoms with E-state index in [0.717, 1.165) is 30.3 Å². The van der Waals surface area contributed by atoms with Crippen molar-refractivity contribution in [3.8, 4) is 0 Å². The Kier molecular flexibility index (Phi) is 5.66. The molecule has 2 amide bonds. The molecule has 0 heterocycles. The Hall–Kier alpha value is -2.88. The summed E-state index contributed by atoms with van der Waals surface area (Å²) in [5.74, 6) is -5.43. The lowest BCUT2D eigenvalue weighted by Gasteiger charge is -2.09. The minimum absolute atomic E-state index is 0.00335. The Morgan fingerprint density at radius 2 is 1.62 bits per heavy atom. The summed E-state index contributed by atoms with van der Waals surface area (Å²) < 4.78 is 61.2. The smallest absolute Gasteiger partial charge is 0.324 e. The molecule has 2 aromatic rings. The van der Waals surface area contributed by atoms with Crippen molar-refractivity contribution in [2.75, 3.05) is 10.6 Å². The van der Waals surface area contributed by atoms with Crippen LogP contribution in [-0.2, 0) is 14.6 Å². The number of benzene rings is 2. The molecular formula is C16H13F3N2O4S. The molecule has 0 aliphatic heterocycles. The molecule has 0 bridgehead atoms. The highest BCUT2D eigenvalue weighted by atomic mass is 32.2. The maximum atomic E-state index is 13.6. The van der Waals surface area contributed by atoms with Crippen LogP contribution in [0.15, 0.2) is 47.4 Å². The molecule has 0 aromatic heterocycles. The van der Waals surface area contributed by atoms with Crippen LogP contribution in [0.25, 0.3) is 0 Å². The van der Waals surface area contributed by atoms with Gasteiger partial charge in [-0.1, -0.05) is 0 Å². The summed E-state index contributed by atoms with van der Waals surface area (Å²) in [6.45, 7) is 1.19. The SMILES string of the molecule is CC(=O)Nc1cc(NC(=O)c2ccc(S(=O)(=O)C(F)F)cc2)ccc1F. The van der Waals surface area contributed by atoms with Crippen LogP contribution in [0.4, 0.5) is 24.5 Å². The Balaban J connectivity index is 2.19. The number of amides is 2. The van der Waals surface area contributed by atoms with Crippen LogP contribution < -0.4 is 10.6 Å². The van der Waals surface area contributed by atoms with Gasteiger partial charge in [0.25, 0.3) is 5.91 Å². The second-order valence-corrected chi connectivity index (χ2v) is 7.08. The monoisotopic (exact) mass is 386 g/mol. The number of hydrogen-bond acceptors (Lipinski definition) is 4. The van der Waals surface area contributed by atoms with Crippen molar-refractivity contribution in [1.29, 1.82) is 0 Å². The number of nitrogens with one attached hydrogen (secondary N) is 2. The van der Waals surface area contributed by atoms with Gasteiger partial charge in [0.1, 0.15) is 5.82 Å². The number of rotatable bonds is 5. The third kappa shape index (κ3) is 4.39. The van der Waals surface area contributed by atoms with Crippen molar-refractivity contribution in [3.63, 3.8) is 0 Å². The standard InChI is InChI=1S/C16H13F3N2O4S/c1-9(22)20-14-8-11(4-7-13(14)17)21-15(23)10-2-5-12(6-3-10)26(24,25)16(18)19/h2-8,16H,1H3,(H,20,22)(H,21,23). The number of alkyl halides is 2. The number of anilines is 2. The van der Waals surface area contributed by atoms with E-state index in [1.807, 2.05) is 0 Å². The maximum Gasteiger partial charge on any atom is 0.341 e. The lowest BCUT2D eigenvalue weighted by atomic mass is 10.2. The number of sulfone groups is 1. The van der Waals surface area contributed by atoms with Gasteiger partial charge in [0.05, 0.1) is 10.6 Å².